The van der Waals surface area contributed by atoms with Crippen molar-refractivity contribution in [3.63, 3.8) is 0 Å². The molecule has 0 N–H and O–H groups in total. The van der Waals surface area contributed by atoms with Gasteiger partial charge in [0.15, 0.2) is 5.78 Å². The molecule has 21 heavy (non-hydrogen) atoms. The van der Waals surface area contributed by atoms with Gasteiger partial charge < -0.3 is 4.74 Å². The highest BCUT2D eigenvalue weighted by atomic mass is 32.2. The van der Waals surface area contributed by atoms with Gasteiger partial charge >= 0.3 is 0 Å². The fourth-order valence-electron chi connectivity index (χ4n) is 3.58. The van der Waals surface area contributed by atoms with Gasteiger partial charge in [-0.25, -0.2) is 0 Å². The van der Waals surface area contributed by atoms with Crippen LogP contribution in [0.3, 0.4) is 0 Å². The van der Waals surface area contributed by atoms with Crippen molar-refractivity contribution in [1.29, 1.82) is 0 Å². The first kappa shape index (κ1) is 14.6. The highest BCUT2D eigenvalue weighted by Gasteiger charge is 2.42. The molecule has 1 aromatic rings. The molecule has 1 spiro atoms. The van der Waals surface area contributed by atoms with Gasteiger partial charge in [0.1, 0.15) is 0 Å². The standard InChI is InChI=1S/C16H20O2S3/c17-15(14-7-12-9-19-5-2-13(12)21-14)11-1-4-18-16(8-11)3-6-20-10-16/h7,11H,1-6,8-10H2. The van der Waals surface area contributed by atoms with Gasteiger partial charge in [-0.2, -0.15) is 23.5 Å². The van der Waals surface area contributed by atoms with E-state index in [1.54, 1.807) is 11.3 Å². The van der Waals surface area contributed by atoms with Crippen LogP contribution in [0.25, 0.3) is 0 Å². The average Bonchev–Trinajstić information content (AvgIpc) is 3.13. The summed E-state index contributed by atoms with van der Waals surface area (Å²) >= 11 is 5.72. The molecule has 1 aromatic heterocycles. The molecule has 5 heteroatoms. The Hall–Kier alpha value is 0.0300. The third kappa shape index (κ3) is 2.82. The quantitative estimate of drug-likeness (QED) is 0.760. The van der Waals surface area contributed by atoms with Gasteiger partial charge in [0.2, 0.25) is 0 Å². The summed E-state index contributed by atoms with van der Waals surface area (Å²) in [4.78, 5) is 15.4. The van der Waals surface area contributed by atoms with Crippen LogP contribution in [-0.2, 0) is 16.9 Å². The Morgan fingerprint density at radius 1 is 1.33 bits per heavy atom. The number of hydrogen-bond donors (Lipinski definition) is 0. The molecule has 2 saturated heterocycles. The number of carbonyl (C=O) groups is 1. The van der Waals surface area contributed by atoms with Crippen LogP contribution in [0.2, 0.25) is 0 Å². The van der Waals surface area contributed by atoms with Gasteiger partial charge in [0, 0.05) is 28.9 Å². The molecule has 0 radical (unpaired) electrons. The van der Waals surface area contributed by atoms with Gasteiger partial charge in [0.05, 0.1) is 10.5 Å². The minimum absolute atomic E-state index is 0.00989. The third-order valence-electron chi connectivity index (χ3n) is 4.80. The van der Waals surface area contributed by atoms with Crippen molar-refractivity contribution < 1.29 is 9.53 Å². The first-order chi connectivity index (χ1) is 10.3. The Kier molecular flexibility index (Phi) is 4.11. The number of ketones is 1. The van der Waals surface area contributed by atoms with Gasteiger partial charge in [-0.15, -0.1) is 11.3 Å². The Morgan fingerprint density at radius 2 is 2.29 bits per heavy atom. The van der Waals surface area contributed by atoms with Crippen molar-refractivity contribution >= 4 is 40.6 Å². The second-order valence-corrected chi connectivity index (χ2v) is 9.60. The molecular weight excluding hydrogens is 320 g/mol. The molecule has 4 rings (SSSR count). The Labute approximate surface area is 138 Å². The summed E-state index contributed by atoms with van der Waals surface area (Å²) in [6.45, 7) is 0.762. The van der Waals surface area contributed by atoms with Crippen LogP contribution in [0.5, 0.6) is 0 Å². The van der Waals surface area contributed by atoms with Crippen molar-refractivity contribution in [2.24, 2.45) is 5.92 Å². The lowest BCUT2D eigenvalue weighted by Crippen LogP contribution is -2.41. The minimum atomic E-state index is 0.00989. The van der Waals surface area contributed by atoms with Crippen LogP contribution >= 0.6 is 34.9 Å². The maximum Gasteiger partial charge on any atom is 0.176 e. The molecule has 0 aliphatic carbocycles. The molecule has 2 unspecified atom stereocenters. The molecule has 2 atom stereocenters. The van der Waals surface area contributed by atoms with Crippen LogP contribution in [0.1, 0.15) is 39.4 Å². The van der Waals surface area contributed by atoms with E-state index in [4.69, 9.17) is 4.74 Å². The maximum atomic E-state index is 12.9. The number of Topliss-reactive ketones (excluding diaryl/α,β-unsaturated/α-hetero) is 1. The van der Waals surface area contributed by atoms with Crippen molar-refractivity contribution in [1.82, 2.24) is 0 Å². The van der Waals surface area contributed by atoms with E-state index in [0.717, 1.165) is 48.7 Å². The van der Waals surface area contributed by atoms with E-state index in [-0.39, 0.29) is 11.5 Å². The van der Waals surface area contributed by atoms with Crippen LogP contribution < -0.4 is 0 Å². The molecule has 3 aliphatic rings. The smallest absolute Gasteiger partial charge is 0.176 e. The van der Waals surface area contributed by atoms with Gasteiger partial charge in [0.25, 0.3) is 0 Å². The first-order valence-electron chi connectivity index (χ1n) is 7.71. The zero-order valence-electron chi connectivity index (χ0n) is 12.1. The van der Waals surface area contributed by atoms with Crippen LogP contribution in [0.4, 0.5) is 0 Å². The number of ether oxygens (including phenoxy) is 1. The van der Waals surface area contributed by atoms with Crippen molar-refractivity contribution in [3.8, 4) is 0 Å². The van der Waals surface area contributed by atoms with E-state index in [1.165, 1.54) is 21.9 Å². The predicted octanol–water partition coefficient (Wildman–Crippen LogP) is 4.02. The fourth-order valence-corrected chi connectivity index (χ4v) is 7.35. The summed E-state index contributed by atoms with van der Waals surface area (Å²) in [5, 5.41) is 0. The Morgan fingerprint density at radius 3 is 3.10 bits per heavy atom. The Bertz CT molecular complexity index is 522. The van der Waals surface area contributed by atoms with Crippen LogP contribution in [0.15, 0.2) is 6.07 Å². The number of carbonyl (C=O) groups excluding carboxylic acids is 1. The third-order valence-corrected chi connectivity index (χ3v) is 8.28. The normalized spacial score (nSPS) is 32.3. The van der Waals surface area contributed by atoms with E-state index in [1.807, 2.05) is 23.5 Å². The maximum absolute atomic E-state index is 12.9. The SMILES string of the molecule is O=C(c1cc2c(s1)CCSC2)C1CCOC2(CCSC2)C1. The second kappa shape index (κ2) is 5.91. The fraction of sp³-hybridized carbons (Fsp3) is 0.688. The molecule has 0 amide bonds. The lowest BCUT2D eigenvalue weighted by Gasteiger charge is -2.37. The molecule has 0 bridgehead atoms. The lowest BCUT2D eigenvalue weighted by molar-refractivity contribution is -0.0734. The zero-order chi connectivity index (χ0) is 14.3. The number of thiophene rings is 1. The van der Waals surface area contributed by atoms with Crippen LogP contribution in [-0.4, -0.2) is 35.2 Å². The summed E-state index contributed by atoms with van der Waals surface area (Å²) in [5.74, 6) is 5.13. The van der Waals surface area contributed by atoms with E-state index in [2.05, 4.69) is 6.07 Å². The van der Waals surface area contributed by atoms with E-state index < -0.39 is 0 Å². The number of fused-ring (bicyclic) bond motifs is 1. The largest absolute Gasteiger partial charge is 0.374 e. The van der Waals surface area contributed by atoms with Crippen molar-refractivity contribution in [2.75, 3.05) is 23.9 Å². The first-order valence-corrected chi connectivity index (χ1v) is 10.8. The second-order valence-electron chi connectivity index (χ2n) is 6.25. The average molecular weight is 341 g/mol. The monoisotopic (exact) mass is 340 g/mol. The molecule has 3 aliphatic heterocycles. The number of rotatable bonds is 2. The van der Waals surface area contributed by atoms with Crippen molar-refractivity contribution in [3.05, 3.63) is 21.4 Å². The van der Waals surface area contributed by atoms with Crippen LogP contribution in [0, 0.1) is 5.92 Å². The van der Waals surface area contributed by atoms with Gasteiger partial charge in [-0.3, -0.25) is 4.79 Å². The minimum Gasteiger partial charge on any atom is -0.374 e. The Balaban J connectivity index is 1.52. The molecule has 0 aromatic carbocycles. The van der Waals surface area contributed by atoms with Crippen molar-refractivity contribution in [2.45, 2.75) is 37.0 Å². The van der Waals surface area contributed by atoms with E-state index in [0.29, 0.717) is 5.78 Å². The molecule has 2 nitrogen and oxygen atoms in total. The summed E-state index contributed by atoms with van der Waals surface area (Å²) in [7, 11) is 0. The highest BCUT2D eigenvalue weighted by molar-refractivity contribution is 7.99. The van der Waals surface area contributed by atoms with E-state index >= 15 is 0 Å². The van der Waals surface area contributed by atoms with Gasteiger partial charge in [-0.1, -0.05) is 0 Å². The molecule has 114 valence electrons. The predicted molar refractivity (Wildman–Crippen MR) is 91.9 cm³/mol. The molecule has 0 saturated carbocycles. The summed E-state index contributed by atoms with van der Waals surface area (Å²) in [6, 6.07) is 2.18. The van der Waals surface area contributed by atoms with E-state index in [9.17, 15) is 4.79 Å². The molecule has 4 heterocycles. The molecular formula is C16H20O2S3. The lowest BCUT2D eigenvalue weighted by atomic mass is 9.82. The van der Waals surface area contributed by atoms with Gasteiger partial charge in [-0.05, 0) is 48.8 Å². The number of thioether (sulfide) groups is 2. The summed E-state index contributed by atoms with van der Waals surface area (Å²) in [6.07, 6.45) is 4.12. The number of aryl methyl sites for hydroxylation is 1. The topological polar surface area (TPSA) is 26.3 Å². The summed E-state index contributed by atoms with van der Waals surface area (Å²) < 4.78 is 6.05. The molecule has 2 fully saturated rings. The zero-order valence-corrected chi connectivity index (χ0v) is 14.5. The summed E-state index contributed by atoms with van der Waals surface area (Å²) in [5.41, 5.74) is 1.42. The number of hydrogen-bond acceptors (Lipinski definition) is 5. The highest BCUT2D eigenvalue weighted by Crippen LogP contribution is 2.42.